The van der Waals surface area contributed by atoms with E-state index in [-0.39, 0.29) is 4.75 Å². The number of hydrogen-bond donors (Lipinski definition) is 0. The third-order valence-electron chi connectivity index (χ3n) is 2.19. The Hall–Kier alpha value is -0.190. The van der Waals surface area contributed by atoms with E-state index in [0.29, 0.717) is 5.02 Å². The molecule has 0 aliphatic rings. The van der Waals surface area contributed by atoms with Gasteiger partial charge in [0.05, 0.1) is 9.77 Å². The van der Waals surface area contributed by atoms with E-state index in [0.717, 1.165) is 15.6 Å². The highest BCUT2D eigenvalue weighted by atomic mass is 79.9. The molecule has 0 radical (unpaired) electrons. The molecule has 94 valence electrons. The standard InChI is InChI=1S/C12H15BrClNOS/c1-8-9(5-6-10(13)11(8)14)7-15-17(16)12(2,3)4/h5-7H,1-4H3/t17-/m1/s1. The summed E-state index contributed by atoms with van der Waals surface area (Å²) in [6, 6.07) is 3.76. The maximum absolute atomic E-state index is 11.8. The van der Waals surface area contributed by atoms with Crippen LogP contribution in [-0.2, 0) is 11.0 Å². The number of hydrogen-bond acceptors (Lipinski definition) is 1. The van der Waals surface area contributed by atoms with Gasteiger partial charge in [0.1, 0.15) is 11.0 Å². The van der Waals surface area contributed by atoms with Crippen LogP contribution in [0, 0.1) is 6.92 Å². The van der Waals surface area contributed by atoms with Gasteiger partial charge in [0.25, 0.3) is 0 Å². The summed E-state index contributed by atoms with van der Waals surface area (Å²) in [6.45, 7) is 7.58. The van der Waals surface area contributed by atoms with Crippen LogP contribution in [0.2, 0.25) is 5.02 Å². The van der Waals surface area contributed by atoms with E-state index in [2.05, 4.69) is 20.3 Å². The summed E-state index contributed by atoms with van der Waals surface area (Å²) < 4.78 is 16.4. The van der Waals surface area contributed by atoms with E-state index in [1.54, 1.807) is 6.21 Å². The third-order valence-corrected chi connectivity index (χ3v) is 4.91. The molecule has 0 bridgehead atoms. The minimum Gasteiger partial charge on any atom is -0.234 e. The largest absolute Gasteiger partial charge is 0.234 e. The average molecular weight is 337 g/mol. The molecule has 0 saturated heterocycles. The highest BCUT2D eigenvalue weighted by molar-refractivity contribution is 9.10. The Kier molecular flexibility index (Phi) is 4.93. The van der Waals surface area contributed by atoms with E-state index in [1.165, 1.54) is 0 Å². The Labute approximate surface area is 118 Å². The quantitative estimate of drug-likeness (QED) is 0.741. The molecule has 17 heavy (non-hydrogen) atoms. The van der Waals surface area contributed by atoms with Gasteiger partial charge >= 0.3 is 0 Å². The topological polar surface area (TPSA) is 29.4 Å². The minimum atomic E-state index is -1.24. The van der Waals surface area contributed by atoms with Gasteiger partial charge in [0, 0.05) is 10.7 Å². The second kappa shape index (κ2) is 5.63. The smallest absolute Gasteiger partial charge is 0.144 e. The van der Waals surface area contributed by atoms with Gasteiger partial charge in [-0.15, -0.1) is 0 Å². The zero-order valence-electron chi connectivity index (χ0n) is 10.3. The summed E-state index contributed by atoms with van der Waals surface area (Å²) in [4.78, 5) is 0. The van der Waals surface area contributed by atoms with Gasteiger partial charge in [0.15, 0.2) is 0 Å². The SMILES string of the molecule is Cc1c(C=N[S@](=O)C(C)(C)C)ccc(Br)c1Cl. The molecule has 0 aliphatic heterocycles. The van der Waals surface area contributed by atoms with Crippen molar-refractivity contribution in [3.8, 4) is 0 Å². The summed E-state index contributed by atoms with van der Waals surface area (Å²) in [6.07, 6.45) is 1.62. The van der Waals surface area contributed by atoms with Gasteiger partial charge in [-0.2, -0.15) is 4.40 Å². The predicted molar refractivity (Wildman–Crippen MR) is 79.4 cm³/mol. The van der Waals surface area contributed by atoms with Gasteiger partial charge in [-0.25, -0.2) is 4.21 Å². The van der Waals surface area contributed by atoms with Crippen LogP contribution in [0.3, 0.4) is 0 Å². The first kappa shape index (κ1) is 14.9. The van der Waals surface area contributed by atoms with Gasteiger partial charge in [-0.05, 0) is 60.8 Å². The lowest BCUT2D eigenvalue weighted by Crippen LogP contribution is -2.19. The summed E-state index contributed by atoms with van der Waals surface area (Å²) >= 11 is 9.46. The number of rotatable bonds is 2. The fourth-order valence-electron chi connectivity index (χ4n) is 1.07. The maximum Gasteiger partial charge on any atom is 0.144 e. The number of halogens is 2. The Morgan fingerprint density at radius 3 is 2.53 bits per heavy atom. The second-order valence-corrected chi connectivity index (χ2v) is 7.84. The van der Waals surface area contributed by atoms with E-state index in [4.69, 9.17) is 11.6 Å². The van der Waals surface area contributed by atoms with Crippen LogP contribution in [0.25, 0.3) is 0 Å². The van der Waals surface area contributed by atoms with Gasteiger partial charge in [-0.3, -0.25) is 0 Å². The molecule has 0 heterocycles. The van der Waals surface area contributed by atoms with Crippen molar-refractivity contribution in [1.29, 1.82) is 0 Å². The zero-order chi connectivity index (χ0) is 13.2. The summed E-state index contributed by atoms with van der Waals surface area (Å²) in [5.41, 5.74) is 1.81. The molecule has 0 aromatic heterocycles. The molecule has 0 unspecified atom stereocenters. The van der Waals surface area contributed by atoms with Crippen LogP contribution in [0.4, 0.5) is 0 Å². The third kappa shape index (κ3) is 3.90. The molecule has 2 nitrogen and oxygen atoms in total. The zero-order valence-corrected chi connectivity index (χ0v) is 13.4. The van der Waals surface area contributed by atoms with E-state index < -0.39 is 11.0 Å². The van der Waals surface area contributed by atoms with Gasteiger partial charge < -0.3 is 0 Å². The van der Waals surface area contributed by atoms with Crippen molar-refractivity contribution in [3.05, 3.63) is 32.8 Å². The van der Waals surface area contributed by atoms with Crippen LogP contribution in [0.15, 0.2) is 21.0 Å². The molecule has 1 rings (SSSR count). The molecule has 1 aromatic rings. The molecule has 1 aromatic carbocycles. The normalized spacial score (nSPS) is 14.2. The van der Waals surface area contributed by atoms with Crippen molar-refractivity contribution >= 4 is 44.7 Å². The molecule has 5 heteroatoms. The van der Waals surface area contributed by atoms with Crippen LogP contribution in [0.1, 0.15) is 31.9 Å². The maximum atomic E-state index is 11.8. The second-order valence-electron chi connectivity index (χ2n) is 4.67. The summed E-state index contributed by atoms with van der Waals surface area (Å²) in [5, 5.41) is 0.662. The van der Waals surface area contributed by atoms with Gasteiger partial charge in [-0.1, -0.05) is 17.7 Å². The molecule has 0 aliphatic carbocycles. The highest BCUT2D eigenvalue weighted by Crippen LogP contribution is 2.27. The highest BCUT2D eigenvalue weighted by Gasteiger charge is 2.18. The molecule has 0 amide bonds. The van der Waals surface area contributed by atoms with E-state index in [9.17, 15) is 4.21 Å². The fourth-order valence-corrected chi connectivity index (χ4v) is 2.20. The van der Waals surface area contributed by atoms with Crippen molar-refractivity contribution in [1.82, 2.24) is 0 Å². The Balaban J connectivity index is 3.02. The van der Waals surface area contributed by atoms with Crippen LogP contribution < -0.4 is 0 Å². The molecule has 0 spiro atoms. The molecular formula is C12H15BrClNOS. The molecular weight excluding hydrogens is 322 g/mol. The Morgan fingerprint density at radius 1 is 1.41 bits per heavy atom. The van der Waals surface area contributed by atoms with Crippen molar-refractivity contribution in [2.24, 2.45) is 4.40 Å². The lowest BCUT2D eigenvalue weighted by molar-refractivity contribution is 0.651. The lowest BCUT2D eigenvalue weighted by Gasteiger charge is -2.13. The van der Waals surface area contributed by atoms with Crippen LogP contribution in [0.5, 0.6) is 0 Å². The lowest BCUT2D eigenvalue weighted by atomic mass is 10.1. The molecule has 0 fully saturated rings. The Bertz CT molecular complexity index is 480. The van der Waals surface area contributed by atoms with Crippen LogP contribution >= 0.6 is 27.5 Å². The van der Waals surface area contributed by atoms with E-state index in [1.807, 2.05) is 39.8 Å². The van der Waals surface area contributed by atoms with E-state index >= 15 is 0 Å². The predicted octanol–water partition coefficient (Wildman–Crippen LogP) is 4.29. The molecule has 0 saturated carbocycles. The average Bonchev–Trinajstić information content (AvgIpc) is 2.23. The molecule has 0 N–H and O–H groups in total. The first-order chi connectivity index (χ1) is 7.73. The number of benzene rings is 1. The van der Waals surface area contributed by atoms with Crippen molar-refractivity contribution < 1.29 is 4.21 Å². The molecule has 1 atom stereocenters. The Morgan fingerprint density at radius 2 is 2.00 bits per heavy atom. The van der Waals surface area contributed by atoms with Crippen molar-refractivity contribution in [3.63, 3.8) is 0 Å². The summed E-state index contributed by atoms with van der Waals surface area (Å²) in [5.74, 6) is 0. The first-order valence-corrected chi connectivity index (χ1v) is 7.42. The van der Waals surface area contributed by atoms with Crippen molar-refractivity contribution in [2.45, 2.75) is 32.4 Å². The van der Waals surface area contributed by atoms with Crippen LogP contribution in [-0.4, -0.2) is 15.2 Å². The monoisotopic (exact) mass is 335 g/mol. The summed E-state index contributed by atoms with van der Waals surface area (Å²) in [7, 11) is -1.24. The first-order valence-electron chi connectivity index (χ1n) is 5.14. The minimum absolute atomic E-state index is 0.344. The van der Waals surface area contributed by atoms with Gasteiger partial charge in [0.2, 0.25) is 0 Å². The van der Waals surface area contributed by atoms with Crippen molar-refractivity contribution in [2.75, 3.05) is 0 Å². The number of nitrogens with zero attached hydrogens (tertiary/aromatic N) is 1. The fraction of sp³-hybridized carbons (Fsp3) is 0.417.